The van der Waals surface area contributed by atoms with Gasteiger partial charge in [0.1, 0.15) is 11.5 Å². The summed E-state index contributed by atoms with van der Waals surface area (Å²) in [7, 11) is 0. The lowest BCUT2D eigenvalue weighted by molar-refractivity contribution is -0.248. The molecule has 3 aromatic rings. The van der Waals surface area contributed by atoms with Crippen LogP contribution in [0.4, 0.5) is 13.2 Å². The highest BCUT2D eigenvalue weighted by Crippen LogP contribution is 2.52. The summed E-state index contributed by atoms with van der Waals surface area (Å²) in [5, 5.41) is 0.206. The standard InChI is InChI=1S/C25H18Cl2F3NO2/c26-19-9-18(10-20(27)11-19)24(25(28,29)30)13-17-7-15(3-4-23(17)33-24)16-5-6-31-21(8-16)12-22(32)14-1-2-14/h3-11,14H,1-2,12-13H2. The van der Waals surface area contributed by atoms with Gasteiger partial charge in [0.25, 0.3) is 0 Å². The maximum Gasteiger partial charge on any atom is 0.432 e. The number of aromatic nitrogens is 1. The number of Topliss-reactive ketones (excluding diaryl/α,β-unsaturated/α-hetero) is 1. The van der Waals surface area contributed by atoms with Gasteiger partial charge in [0.05, 0.1) is 0 Å². The van der Waals surface area contributed by atoms with Crippen LogP contribution in [-0.2, 0) is 23.2 Å². The van der Waals surface area contributed by atoms with Crippen LogP contribution in [-0.4, -0.2) is 16.9 Å². The molecule has 0 radical (unpaired) electrons. The first-order chi connectivity index (χ1) is 15.6. The van der Waals surface area contributed by atoms with Crippen molar-refractivity contribution in [3.8, 4) is 16.9 Å². The molecule has 2 aromatic carbocycles. The highest BCUT2D eigenvalue weighted by Gasteiger charge is 2.61. The molecule has 1 aromatic heterocycles. The van der Waals surface area contributed by atoms with Gasteiger partial charge in [-0.2, -0.15) is 13.2 Å². The summed E-state index contributed by atoms with van der Waals surface area (Å²) in [6.45, 7) is 0. The van der Waals surface area contributed by atoms with Crippen LogP contribution in [0.15, 0.2) is 54.7 Å². The summed E-state index contributed by atoms with van der Waals surface area (Å²) in [5.74, 6) is 0.477. The average molecular weight is 492 g/mol. The molecule has 0 bridgehead atoms. The van der Waals surface area contributed by atoms with Crippen molar-refractivity contribution in [1.29, 1.82) is 0 Å². The molecule has 1 aliphatic heterocycles. The largest absolute Gasteiger partial charge is 0.472 e. The molecule has 1 fully saturated rings. The lowest BCUT2D eigenvalue weighted by Gasteiger charge is -2.31. The Morgan fingerprint density at radius 2 is 1.73 bits per heavy atom. The maximum atomic E-state index is 14.3. The zero-order valence-corrected chi connectivity index (χ0v) is 18.8. The van der Waals surface area contributed by atoms with E-state index in [0.717, 1.165) is 24.0 Å². The Bertz CT molecular complexity index is 1240. The van der Waals surface area contributed by atoms with Crippen LogP contribution in [0.25, 0.3) is 11.1 Å². The zero-order chi connectivity index (χ0) is 23.4. The fraction of sp³-hybridized carbons (Fsp3) is 0.280. The van der Waals surface area contributed by atoms with Gasteiger partial charge in [0.15, 0.2) is 0 Å². The van der Waals surface area contributed by atoms with Crippen molar-refractivity contribution in [2.45, 2.75) is 37.5 Å². The van der Waals surface area contributed by atoms with Crippen molar-refractivity contribution in [3.63, 3.8) is 0 Å². The van der Waals surface area contributed by atoms with Crippen LogP contribution < -0.4 is 4.74 Å². The van der Waals surface area contributed by atoms with E-state index in [2.05, 4.69) is 4.98 Å². The molecule has 8 heteroatoms. The Morgan fingerprint density at radius 3 is 2.39 bits per heavy atom. The minimum absolute atomic E-state index is 0.103. The van der Waals surface area contributed by atoms with Crippen molar-refractivity contribution in [2.24, 2.45) is 5.92 Å². The summed E-state index contributed by atoms with van der Waals surface area (Å²) in [6.07, 6.45) is -1.37. The van der Waals surface area contributed by atoms with Gasteiger partial charge in [-0.15, -0.1) is 0 Å². The van der Waals surface area contributed by atoms with Crippen molar-refractivity contribution in [2.75, 3.05) is 0 Å². The molecular weight excluding hydrogens is 474 g/mol. The molecule has 33 heavy (non-hydrogen) atoms. The number of nitrogens with zero attached hydrogens (tertiary/aromatic N) is 1. The van der Waals surface area contributed by atoms with E-state index >= 15 is 0 Å². The third kappa shape index (κ3) is 4.22. The monoisotopic (exact) mass is 491 g/mol. The summed E-state index contributed by atoms with van der Waals surface area (Å²) >= 11 is 12.0. The lowest BCUT2D eigenvalue weighted by atomic mass is 9.87. The van der Waals surface area contributed by atoms with Crippen molar-refractivity contribution in [1.82, 2.24) is 4.98 Å². The quantitative estimate of drug-likeness (QED) is 0.386. The molecule has 5 rings (SSSR count). The summed E-state index contributed by atoms with van der Waals surface area (Å²) in [4.78, 5) is 16.4. The smallest absolute Gasteiger partial charge is 0.432 e. The highest BCUT2D eigenvalue weighted by atomic mass is 35.5. The summed E-state index contributed by atoms with van der Waals surface area (Å²) < 4.78 is 48.6. The molecule has 0 spiro atoms. The third-order valence-electron chi connectivity index (χ3n) is 6.11. The number of benzene rings is 2. The van der Waals surface area contributed by atoms with Gasteiger partial charge >= 0.3 is 6.18 Å². The van der Waals surface area contributed by atoms with Crippen LogP contribution in [0.1, 0.15) is 29.7 Å². The molecule has 0 amide bonds. The SMILES string of the molecule is O=C(Cc1cc(-c2ccc3c(c2)CC(c2cc(Cl)cc(Cl)c2)(C(F)(F)F)O3)ccn1)C1CC1. The molecule has 3 nitrogen and oxygen atoms in total. The number of halogens is 5. The van der Waals surface area contributed by atoms with Gasteiger partial charge in [-0.25, -0.2) is 0 Å². The number of rotatable bonds is 5. The number of ketones is 1. The molecule has 2 aliphatic rings. The number of carbonyl (C=O) groups is 1. The van der Waals surface area contributed by atoms with Crippen molar-refractivity contribution < 1.29 is 22.7 Å². The van der Waals surface area contributed by atoms with Gasteiger partial charge in [-0.05, 0) is 72.0 Å². The average Bonchev–Trinajstić information content (AvgIpc) is 3.52. The number of ether oxygens (including phenoxy) is 1. The normalized spacial score (nSPS) is 19.8. The summed E-state index contributed by atoms with van der Waals surface area (Å²) in [5.41, 5.74) is -0.144. The van der Waals surface area contributed by atoms with E-state index in [1.807, 2.05) is 6.07 Å². The fourth-order valence-corrected chi connectivity index (χ4v) is 4.77. The van der Waals surface area contributed by atoms with E-state index in [4.69, 9.17) is 27.9 Å². The molecule has 1 aliphatic carbocycles. The van der Waals surface area contributed by atoms with E-state index in [1.54, 1.807) is 30.5 Å². The Labute approximate surface area is 198 Å². The Balaban J connectivity index is 1.49. The maximum absolute atomic E-state index is 14.3. The van der Waals surface area contributed by atoms with Gasteiger partial charge in [0, 0.05) is 46.3 Å². The third-order valence-corrected chi connectivity index (χ3v) is 6.55. The van der Waals surface area contributed by atoms with Gasteiger partial charge in [0.2, 0.25) is 5.60 Å². The zero-order valence-electron chi connectivity index (χ0n) is 17.3. The van der Waals surface area contributed by atoms with E-state index in [-0.39, 0.29) is 39.5 Å². The molecule has 1 saturated carbocycles. The topological polar surface area (TPSA) is 39.2 Å². The van der Waals surface area contributed by atoms with Gasteiger partial charge in [-0.1, -0.05) is 29.3 Å². The highest BCUT2D eigenvalue weighted by molar-refractivity contribution is 6.34. The first-order valence-corrected chi connectivity index (χ1v) is 11.2. The van der Waals surface area contributed by atoms with Crippen LogP contribution in [0, 0.1) is 5.92 Å². The van der Waals surface area contributed by atoms with E-state index in [0.29, 0.717) is 11.3 Å². The van der Waals surface area contributed by atoms with Crippen LogP contribution >= 0.6 is 23.2 Å². The second-order valence-electron chi connectivity index (χ2n) is 8.54. The predicted octanol–water partition coefficient (Wildman–Crippen LogP) is 6.97. The first kappa shape index (κ1) is 22.2. The molecule has 1 unspecified atom stereocenters. The second-order valence-corrected chi connectivity index (χ2v) is 9.41. The fourth-order valence-electron chi connectivity index (χ4n) is 4.24. The Kier molecular flexibility index (Phi) is 5.41. The number of hydrogen-bond donors (Lipinski definition) is 0. The molecule has 0 saturated heterocycles. The van der Waals surface area contributed by atoms with Crippen LogP contribution in [0.2, 0.25) is 10.0 Å². The minimum atomic E-state index is -4.70. The van der Waals surface area contributed by atoms with Crippen molar-refractivity contribution >= 4 is 29.0 Å². The van der Waals surface area contributed by atoms with Crippen molar-refractivity contribution in [3.05, 3.63) is 81.6 Å². The molecule has 1 atom stereocenters. The van der Waals surface area contributed by atoms with Crippen LogP contribution in [0.5, 0.6) is 5.75 Å². The summed E-state index contributed by atoms with van der Waals surface area (Å²) in [6, 6.07) is 12.4. The van der Waals surface area contributed by atoms with Crippen LogP contribution in [0.3, 0.4) is 0 Å². The van der Waals surface area contributed by atoms with E-state index in [9.17, 15) is 18.0 Å². The number of pyridine rings is 1. The molecule has 170 valence electrons. The Morgan fingerprint density at radius 1 is 1.03 bits per heavy atom. The molecular formula is C25H18Cl2F3NO2. The minimum Gasteiger partial charge on any atom is -0.472 e. The second kappa shape index (κ2) is 8.03. The number of fused-ring (bicyclic) bond motifs is 1. The lowest BCUT2D eigenvalue weighted by Crippen LogP contribution is -2.46. The van der Waals surface area contributed by atoms with E-state index < -0.39 is 18.2 Å². The first-order valence-electron chi connectivity index (χ1n) is 10.5. The molecule has 2 heterocycles. The van der Waals surface area contributed by atoms with Gasteiger partial charge < -0.3 is 4.74 Å². The number of carbonyl (C=O) groups excluding carboxylic acids is 1. The molecule has 0 N–H and O–H groups in total. The predicted molar refractivity (Wildman–Crippen MR) is 120 cm³/mol. The van der Waals surface area contributed by atoms with E-state index in [1.165, 1.54) is 18.2 Å². The van der Waals surface area contributed by atoms with Gasteiger partial charge in [-0.3, -0.25) is 9.78 Å². The Hall–Kier alpha value is -2.57. The number of hydrogen-bond acceptors (Lipinski definition) is 3. The number of alkyl halides is 3.